The van der Waals surface area contributed by atoms with Gasteiger partial charge in [0, 0.05) is 46.0 Å². The predicted molar refractivity (Wildman–Crippen MR) is 142 cm³/mol. The van der Waals surface area contributed by atoms with E-state index < -0.39 is 5.97 Å². The van der Waals surface area contributed by atoms with Gasteiger partial charge < -0.3 is 15.3 Å². The van der Waals surface area contributed by atoms with Crippen molar-refractivity contribution in [1.29, 1.82) is 0 Å². The van der Waals surface area contributed by atoms with Gasteiger partial charge in [0.1, 0.15) is 6.29 Å². The standard InChI is InChI=1S/C25H17Cl2N3O.C2H4O2/c26-17-2-6-19(7-3-17)28-20-8-12-25-23(14-20)29-22-13-16(15-31)1-11-24(22)30(25)21-9-4-18(27)5-10-21;1-2(3)4/h1-7,9-15,28H,8H2;1H3,(H,3,4). The molecule has 0 spiro atoms. The number of rotatable bonds is 4. The zero-order valence-electron chi connectivity index (χ0n) is 18.7. The van der Waals surface area contributed by atoms with Crippen molar-refractivity contribution >= 4 is 63.9 Å². The number of fused-ring (bicyclic) bond motifs is 2. The van der Waals surface area contributed by atoms with Crippen LogP contribution in [0.3, 0.4) is 0 Å². The summed E-state index contributed by atoms with van der Waals surface area (Å²) in [7, 11) is 0. The fourth-order valence-corrected chi connectivity index (χ4v) is 3.98. The number of anilines is 3. The van der Waals surface area contributed by atoms with Crippen molar-refractivity contribution in [3.63, 3.8) is 0 Å². The molecule has 0 aromatic heterocycles. The van der Waals surface area contributed by atoms with Gasteiger partial charge in [-0.05, 0) is 72.8 Å². The van der Waals surface area contributed by atoms with E-state index in [-0.39, 0.29) is 0 Å². The van der Waals surface area contributed by atoms with E-state index in [4.69, 9.17) is 38.1 Å². The molecule has 0 radical (unpaired) electrons. The van der Waals surface area contributed by atoms with E-state index in [0.717, 1.165) is 59.5 Å². The Bertz CT molecular complexity index is 1360. The minimum Gasteiger partial charge on any atom is -0.481 e. The third-order valence-corrected chi connectivity index (χ3v) is 5.68. The van der Waals surface area contributed by atoms with Crippen LogP contribution < -0.4 is 10.2 Å². The zero-order chi connectivity index (χ0) is 24.9. The molecule has 0 amide bonds. The van der Waals surface area contributed by atoms with Crippen molar-refractivity contribution in [2.24, 2.45) is 4.99 Å². The van der Waals surface area contributed by atoms with E-state index in [1.165, 1.54) is 0 Å². The van der Waals surface area contributed by atoms with Crippen LogP contribution in [0, 0.1) is 0 Å². The Hall–Kier alpha value is -3.87. The van der Waals surface area contributed by atoms with E-state index >= 15 is 0 Å². The van der Waals surface area contributed by atoms with E-state index in [1.807, 2.05) is 72.8 Å². The molecule has 0 fully saturated rings. The van der Waals surface area contributed by atoms with Gasteiger partial charge in [0.25, 0.3) is 5.97 Å². The number of aliphatic carboxylic acids is 1. The van der Waals surface area contributed by atoms with Gasteiger partial charge in [0.15, 0.2) is 0 Å². The third-order valence-electron chi connectivity index (χ3n) is 5.18. The summed E-state index contributed by atoms with van der Waals surface area (Å²) >= 11 is 12.1. The van der Waals surface area contributed by atoms with Crippen LogP contribution in [0.5, 0.6) is 0 Å². The van der Waals surface area contributed by atoms with Crippen molar-refractivity contribution in [2.45, 2.75) is 13.3 Å². The van der Waals surface area contributed by atoms with Crippen molar-refractivity contribution < 1.29 is 14.7 Å². The van der Waals surface area contributed by atoms with Gasteiger partial charge in [-0.1, -0.05) is 29.3 Å². The number of nitrogens with zero attached hydrogens (tertiary/aromatic N) is 2. The normalized spacial score (nSPS) is 13.7. The summed E-state index contributed by atoms with van der Waals surface area (Å²) in [6.07, 6.45) is 5.76. The minimum atomic E-state index is -0.833. The van der Waals surface area contributed by atoms with Crippen LogP contribution in [0.4, 0.5) is 22.7 Å². The maximum atomic E-state index is 11.3. The topological polar surface area (TPSA) is 82.0 Å². The number of halogens is 2. The van der Waals surface area contributed by atoms with Crippen LogP contribution in [0.1, 0.15) is 23.7 Å². The molecule has 1 aliphatic heterocycles. The molecule has 2 N–H and O–H groups in total. The Morgan fingerprint density at radius 3 is 2.29 bits per heavy atom. The number of hydrogen-bond donors (Lipinski definition) is 2. The number of aldehydes is 1. The molecule has 2 aliphatic rings. The fraction of sp³-hybridized carbons (Fsp3) is 0.0741. The van der Waals surface area contributed by atoms with Crippen LogP contribution in [0.25, 0.3) is 0 Å². The Kier molecular flexibility index (Phi) is 7.34. The van der Waals surface area contributed by atoms with Gasteiger partial charge in [-0.3, -0.25) is 9.59 Å². The first-order valence-electron chi connectivity index (χ1n) is 10.7. The highest BCUT2D eigenvalue weighted by molar-refractivity contribution is 6.31. The Balaban J connectivity index is 0.000000672. The minimum absolute atomic E-state index is 0.589. The van der Waals surface area contributed by atoms with Crippen molar-refractivity contribution in [2.75, 3.05) is 10.2 Å². The molecule has 176 valence electrons. The van der Waals surface area contributed by atoms with Crippen LogP contribution in [-0.2, 0) is 4.79 Å². The molecule has 0 bridgehead atoms. The van der Waals surface area contributed by atoms with Crippen LogP contribution >= 0.6 is 23.2 Å². The molecule has 0 saturated carbocycles. The average molecular weight is 506 g/mol. The van der Waals surface area contributed by atoms with Gasteiger partial charge in [-0.25, -0.2) is 4.99 Å². The number of carbonyl (C=O) groups is 2. The van der Waals surface area contributed by atoms with E-state index in [9.17, 15) is 4.79 Å². The van der Waals surface area contributed by atoms with E-state index in [0.29, 0.717) is 15.6 Å². The maximum Gasteiger partial charge on any atom is 0.300 e. The summed E-state index contributed by atoms with van der Waals surface area (Å²) in [5.41, 5.74) is 7.04. The molecule has 1 aliphatic carbocycles. The smallest absolute Gasteiger partial charge is 0.300 e. The lowest BCUT2D eigenvalue weighted by Crippen LogP contribution is -2.27. The summed E-state index contributed by atoms with van der Waals surface area (Å²) in [5, 5.41) is 12.2. The van der Waals surface area contributed by atoms with Crippen LogP contribution in [-0.4, -0.2) is 23.1 Å². The molecule has 1 heterocycles. The largest absolute Gasteiger partial charge is 0.481 e. The Morgan fingerprint density at radius 2 is 1.66 bits per heavy atom. The highest BCUT2D eigenvalue weighted by atomic mass is 35.5. The van der Waals surface area contributed by atoms with Crippen molar-refractivity contribution in [1.82, 2.24) is 0 Å². The third kappa shape index (κ3) is 5.80. The highest BCUT2D eigenvalue weighted by Gasteiger charge is 2.27. The molecule has 8 heteroatoms. The molecular weight excluding hydrogens is 485 g/mol. The second-order valence-electron chi connectivity index (χ2n) is 7.79. The molecule has 3 aromatic carbocycles. The maximum absolute atomic E-state index is 11.3. The predicted octanol–water partition coefficient (Wildman–Crippen LogP) is 7.40. The lowest BCUT2D eigenvalue weighted by Gasteiger charge is -2.34. The quantitative estimate of drug-likeness (QED) is 0.360. The molecule has 6 nitrogen and oxygen atoms in total. The lowest BCUT2D eigenvalue weighted by atomic mass is 10.00. The molecule has 0 unspecified atom stereocenters. The summed E-state index contributed by atoms with van der Waals surface area (Å²) in [5.74, 6) is -0.833. The molecule has 35 heavy (non-hydrogen) atoms. The van der Waals surface area contributed by atoms with Crippen molar-refractivity contribution in [3.05, 3.63) is 106 Å². The van der Waals surface area contributed by atoms with E-state index in [2.05, 4.69) is 16.3 Å². The number of nitrogens with one attached hydrogen (secondary N) is 1. The van der Waals surface area contributed by atoms with Crippen molar-refractivity contribution in [3.8, 4) is 0 Å². The number of aliphatic imine (C=N–C) groups is 1. The molecule has 0 saturated heterocycles. The first-order chi connectivity index (χ1) is 16.8. The number of carboxylic acid groups (broad SMARTS) is 1. The molecule has 5 rings (SSSR count). The highest BCUT2D eigenvalue weighted by Crippen LogP contribution is 2.43. The zero-order valence-corrected chi connectivity index (χ0v) is 20.2. The van der Waals surface area contributed by atoms with Gasteiger partial charge in [0.05, 0.1) is 22.8 Å². The van der Waals surface area contributed by atoms with Gasteiger partial charge in [0.2, 0.25) is 0 Å². The fourth-order valence-electron chi connectivity index (χ4n) is 3.73. The lowest BCUT2D eigenvalue weighted by molar-refractivity contribution is -0.134. The SMILES string of the molecule is CC(=O)O.O=Cc1ccc2c(c1)N=C1C=C(Nc3ccc(Cl)cc3)CC=C1N2c1ccc(Cl)cc1. The van der Waals surface area contributed by atoms with Gasteiger partial charge in [-0.15, -0.1) is 0 Å². The summed E-state index contributed by atoms with van der Waals surface area (Å²) in [6, 6.07) is 20.8. The number of carboxylic acids is 1. The van der Waals surface area contributed by atoms with Crippen LogP contribution in [0.15, 0.2) is 95.3 Å². The first-order valence-corrected chi connectivity index (χ1v) is 11.5. The summed E-state index contributed by atoms with van der Waals surface area (Å²) in [6.45, 7) is 1.08. The molecular formula is C27H21Cl2N3O3. The van der Waals surface area contributed by atoms with E-state index in [1.54, 1.807) is 0 Å². The van der Waals surface area contributed by atoms with Gasteiger partial charge >= 0.3 is 0 Å². The average Bonchev–Trinajstić information content (AvgIpc) is 2.84. The Morgan fingerprint density at radius 1 is 1.03 bits per heavy atom. The number of benzene rings is 3. The summed E-state index contributed by atoms with van der Waals surface area (Å²) in [4.78, 5) is 27.3. The number of hydrogen-bond acceptors (Lipinski definition) is 5. The molecule has 3 aromatic rings. The number of carbonyl (C=O) groups excluding carboxylic acids is 1. The van der Waals surface area contributed by atoms with Gasteiger partial charge in [-0.2, -0.15) is 0 Å². The summed E-state index contributed by atoms with van der Waals surface area (Å²) < 4.78 is 0. The second-order valence-corrected chi connectivity index (χ2v) is 8.66. The first kappa shape index (κ1) is 24.3. The number of allylic oxidation sites excluding steroid dienone is 2. The molecule has 0 atom stereocenters. The van der Waals surface area contributed by atoms with Crippen LogP contribution in [0.2, 0.25) is 10.0 Å². The Labute approximate surface area is 212 Å². The monoisotopic (exact) mass is 505 g/mol. The second kappa shape index (κ2) is 10.6.